The van der Waals surface area contributed by atoms with Crippen LogP contribution in [-0.4, -0.2) is 85.7 Å². The molecule has 17 heteroatoms. The Labute approximate surface area is 588 Å². The van der Waals surface area contributed by atoms with Crippen molar-refractivity contribution in [2.24, 2.45) is 0 Å². The smallest absolute Gasteiger partial charge is 0.247 e. The van der Waals surface area contributed by atoms with Gasteiger partial charge in [-0.1, -0.05) is 172 Å². The molecule has 16 heterocycles. The minimum absolute atomic E-state index is 0.00895. The molecule has 7 saturated heterocycles. The van der Waals surface area contributed by atoms with Crippen molar-refractivity contribution in [1.82, 2.24) is 18.6 Å². The van der Waals surface area contributed by atoms with Gasteiger partial charge in [-0.3, -0.25) is 0 Å². The van der Waals surface area contributed by atoms with Crippen LogP contribution in [0.5, 0.6) is 0 Å². The van der Waals surface area contributed by atoms with E-state index in [2.05, 4.69) is 313 Å². The molecule has 3 aromatic heterocycles. The topological polar surface area (TPSA) is 26.8 Å². The molecule has 28 rings (SSSR count). The monoisotopic (exact) mass is 1300 g/mol. The number of rotatable bonds is 3. The second kappa shape index (κ2) is 17.4. The number of aryl methyl sites for hydroxylation is 2. The van der Waals surface area contributed by atoms with Crippen LogP contribution in [0.2, 0.25) is 0 Å². The van der Waals surface area contributed by atoms with Crippen LogP contribution in [0, 0.1) is 13.8 Å². The molecule has 4 nitrogen and oxygen atoms in total. The normalized spacial score (nSPS) is 20.4. The quantitative estimate of drug-likeness (QED) is 0.139. The third-order valence-corrected chi connectivity index (χ3v) is 48.5. The Bertz CT molecular complexity index is 6430. The molecule has 0 amide bonds. The molecular formula is C83H68B11N4P2-2. The Morgan fingerprint density at radius 1 is 0.370 bits per heavy atom. The van der Waals surface area contributed by atoms with Crippen molar-refractivity contribution < 1.29 is 0 Å². The molecule has 13 aliphatic heterocycles. The summed E-state index contributed by atoms with van der Waals surface area (Å²) in [6, 6.07) is 90.8. The molecule has 100 heavy (non-hydrogen) atoms. The molecule has 7 fully saturated rings. The zero-order valence-electron chi connectivity index (χ0n) is 58.4. The van der Waals surface area contributed by atoms with Gasteiger partial charge in [-0.2, -0.15) is 0 Å². The van der Waals surface area contributed by atoms with Crippen LogP contribution in [0.4, 0.5) is 0 Å². The van der Waals surface area contributed by atoms with Crippen LogP contribution in [-0.2, 0) is 16.2 Å². The maximum Gasteiger partial charge on any atom is 0.247 e. The second-order valence-electron chi connectivity index (χ2n) is 35.3. The zero-order chi connectivity index (χ0) is 66.2. The first-order valence-electron chi connectivity index (χ1n) is 37.8. The van der Waals surface area contributed by atoms with E-state index in [4.69, 9.17) is 4.86 Å². The third kappa shape index (κ3) is 5.99. The summed E-state index contributed by atoms with van der Waals surface area (Å²) in [5.41, 5.74) is 37.3. The molecule has 465 valence electrons. The van der Waals surface area contributed by atoms with Gasteiger partial charge < -0.3 is 9.13 Å². The van der Waals surface area contributed by atoms with E-state index in [0.717, 1.165) is 24.9 Å². The van der Waals surface area contributed by atoms with Gasteiger partial charge in [-0.15, -0.1) is 0 Å². The Balaban J connectivity index is 0.0000000904. The number of fused-ring (bicyclic) bond motifs is 25. The molecule has 1 radical (unpaired) electrons. The molecular weight excluding hydrogens is 1230 g/mol. The fourth-order valence-corrected chi connectivity index (χ4v) is 50.9. The van der Waals surface area contributed by atoms with Crippen molar-refractivity contribution in [3.63, 3.8) is 0 Å². The van der Waals surface area contributed by atoms with E-state index in [0.29, 0.717) is 34.1 Å². The molecule has 13 aliphatic rings. The Morgan fingerprint density at radius 2 is 0.780 bits per heavy atom. The van der Waals surface area contributed by atoms with E-state index >= 15 is 0 Å². The van der Waals surface area contributed by atoms with Crippen LogP contribution in [0.25, 0.3) is 82.5 Å². The van der Waals surface area contributed by atoms with Crippen LogP contribution >= 0.6 is 12.7 Å². The van der Waals surface area contributed by atoms with Crippen LogP contribution in [0.15, 0.2) is 237 Å². The van der Waals surface area contributed by atoms with Crippen molar-refractivity contribution in [3.8, 4) is 17.1 Å². The van der Waals surface area contributed by atoms with Crippen molar-refractivity contribution in [1.29, 1.82) is 0 Å². The van der Waals surface area contributed by atoms with Crippen molar-refractivity contribution in [3.05, 3.63) is 281 Å². The van der Waals surface area contributed by atoms with Gasteiger partial charge >= 0.3 is 239 Å². The first-order valence-corrected chi connectivity index (χ1v) is 43.1. The summed E-state index contributed by atoms with van der Waals surface area (Å²) in [6.45, 7) is 23.0. The summed E-state index contributed by atoms with van der Waals surface area (Å²) >= 11 is 0. The first kappa shape index (κ1) is 56.2. The maximum absolute atomic E-state index is 4.89. The fourth-order valence-electron chi connectivity index (χ4n) is 25.7. The average Bonchev–Trinajstić information content (AvgIpc) is 1.33. The van der Waals surface area contributed by atoms with E-state index in [1.165, 1.54) is 166 Å². The Hall–Kier alpha value is -8.43. The number of aromatic nitrogens is 3. The summed E-state index contributed by atoms with van der Waals surface area (Å²) in [5.74, 6) is 0. The zero-order valence-corrected chi connectivity index (χ0v) is 60.2. The van der Waals surface area contributed by atoms with Crippen LogP contribution in [0.3, 0.4) is 0 Å². The number of hydrogen-bond donors (Lipinski definition) is 1. The average molecular weight is 1300 g/mol. The number of hydrogen-bond acceptors (Lipinski definition) is 1. The second-order valence-corrected chi connectivity index (χ2v) is 47.4. The summed E-state index contributed by atoms with van der Waals surface area (Å²) in [6.07, 6.45) is 2.62. The predicted octanol–water partition coefficient (Wildman–Crippen LogP) is 9.66. The maximum atomic E-state index is 4.89. The van der Waals surface area contributed by atoms with E-state index < -0.39 is 12.7 Å². The summed E-state index contributed by atoms with van der Waals surface area (Å²) < 4.78 is 7.78. The molecule has 0 unspecified atom stereocenters. The molecule has 0 saturated carbocycles. The Morgan fingerprint density at radius 3 is 1.25 bits per heavy atom. The summed E-state index contributed by atoms with van der Waals surface area (Å²) in [5, 5.41) is 10.5. The number of para-hydroxylation sites is 3. The fraction of sp³-hybridized carbons (Fsp3) is 0.133. The van der Waals surface area contributed by atoms with Gasteiger partial charge in [0.15, 0.2) is 0 Å². The number of nitrogens with zero attached hydrogens (tertiary/aromatic N) is 3. The van der Waals surface area contributed by atoms with Gasteiger partial charge in [-0.25, -0.2) is 0 Å². The van der Waals surface area contributed by atoms with Gasteiger partial charge in [0.2, 0.25) is 13.4 Å². The van der Waals surface area contributed by atoms with Gasteiger partial charge in [0.25, 0.3) is 0 Å². The van der Waals surface area contributed by atoms with Crippen LogP contribution in [0.1, 0.15) is 86.1 Å². The standard InChI is InChI=1S/2C28H22BN.C27H24B9N2P2/c1-17-12-15-24-19(16-17)18-13-14-21-26-27(18)30(24)25-11-7-6-10-23(25)29(26)22-9-5-4-8-20(22)28(21,2)3;1-17-12-13-18-19-14-15-21-26-27(19)30(25(18)16-17)24-11-7-6-10-23(24)29(26)22-9-5-4-8-20(22)28(21,2)3;1-27(2)17-8-3-4-9-19(17)31-20-10-5-6-11-21(20)38-22-12-7-13-23(24(22)16-14-15-18(27)25(31)26(16)38)39(32-28-33(39)36(32)39)37-40-29-34(40)35(40)30-40/h2*4-16H,1-3H3;3-15,37H,28-29H2,1-2H3/q;;-2. The van der Waals surface area contributed by atoms with E-state index in [-0.39, 0.29) is 16.2 Å². The van der Waals surface area contributed by atoms with E-state index in [1.807, 2.05) is 5.30 Å². The van der Waals surface area contributed by atoms with Crippen LogP contribution < -0.4 is 59.3 Å². The molecule has 1 spiro atoms. The number of nitrogens with one attached hydrogen (secondary N) is 1. The van der Waals surface area contributed by atoms with E-state index in [9.17, 15) is 0 Å². The van der Waals surface area contributed by atoms with Crippen molar-refractivity contribution >= 4 is 205 Å². The predicted molar refractivity (Wildman–Crippen MR) is 450 cm³/mol. The van der Waals surface area contributed by atoms with E-state index in [1.54, 1.807) is 16.2 Å². The van der Waals surface area contributed by atoms with Crippen molar-refractivity contribution in [2.45, 2.75) is 71.6 Å². The largest absolute Gasteiger partial charge is 0.310 e. The molecule has 2 bridgehead atoms. The Kier molecular flexibility index (Phi) is 9.77. The molecule has 0 atom stereocenters. The summed E-state index contributed by atoms with van der Waals surface area (Å²) in [7, 11) is 0.305. The summed E-state index contributed by atoms with van der Waals surface area (Å²) in [4.78, 5) is 4.89. The minimum Gasteiger partial charge on any atom is -0.310 e. The van der Waals surface area contributed by atoms with Crippen molar-refractivity contribution in [2.75, 3.05) is 0 Å². The van der Waals surface area contributed by atoms with Gasteiger partial charge in [0.1, 0.15) is 0 Å². The van der Waals surface area contributed by atoms with Gasteiger partial charge in [0, 0.05) is 54.8 Å². The third-order valence-electron chi connectivity index (χ3n) is 30.6. The molecule has 12 aromatic carbocycles. The first-order chi connectivity index (χ1) is 48.6. The molecule has 15 aromatic rings. The minimum atomic E-state index is -1.87. The molecule has 1 N–H and O–H groups in total. The number of benzene rings is 12. The molecule has 0 aliphatic carbocycles. The SMILES string of the molecule is CC1(C)c2ccccc2B2c3ccccc3-n3c4cccc(P56(NP789[B]B7B8[BH2-]9)B7[BH2-]B5B76)c4c4ccc1c2c43.Cc1ccc2c(c1)c1ccc3c4c1n2-c1ccccc1B4c1ccccc1C3(C)C.Cc1ccc2c3ccc4c5c3n(c2c1)-c1ccccc1B5c1ccccc1C4(C)C. The van der Waals surface area contributed by atoms with Gasteiger partial charge in [-0.05, 0) is 93.8 Å². The van der Waals surface area contributed by atoms with Gasteiger partial charge in [0.05, 0.1) is 11.0 Å².